The molecule has 0 unspecified atom stereocenters. The van der Waals surface area contributed by atoms with E-state index in [-0.39, 0.29) is 10.9 Å². The average molecular weight is 284 g/mol. The van der Waals surface area contributed by atoms with E-state index in [0.717, 1.165) is 11.3 Å². The lowest BCUT2D eigenvalue weighted by Crippen LogP contribution is -2.16. The summed E-state index contributed by atoms with van der Waals surface area (Å²) < 4.78 is 39.1. The number of aromatic nitrogens is 1. The standard InChI is InChI=1S/C14H15F3N2O/c1-4-8-5-9-10(14(15,16)17)6-13(20)18-11(9)7-12(8)19(2)3/h5-7H,4H2,1-3H3,(H,18,20). The van der Waals surface area contributed by atoms with Crippen molar-refractivity contribution in [1.82, 2.24) is 4.98 Å². The highest BCUT2D eigenvalue weighted by Crippen LogP contribution is 2.35. The molecule has 0 aliphatic heterocycles. The molecule has 0 atom stereocenters. The number of aromatic amines is 1. The summed E-state index contributed by atoms with van der Waals surface area (Å²) in [6.45, 7) is 1.88. The van der Waals surface area contributed by atoms with Crippen molar-refractivity contribution < 1.29 is 13.2 Å². The molecular formula is C14H15F3N2O. The lowest BCUT2D eigenvalue weighted by atomic mass is 10.0. The second-order valence-corrected chi connectivity index (χ2v) is 4.82. The van der Waals surface area contributed by atoms with E-state index in [1.807, 2.05) is 25.9 Å². The van der Waals surface area contributed by atoms with Gasteiger partial charge in [-0.05, 0) is 24.1 Å². The number of hydrogen-bond donors (Lipinski definition) is 1. The number of nitrogens with one attached hydrogen (secondary N) is 1. The number of rotatable bonds is 2. The minimum Gasteiger partial charge on any atom is -0.377 e. The molecule has 1 aromatic heterocycles. The van der Waals surface area contributed by atoms with E-state index in [4.69, 9.17) is 0 Å². The van der Waals surface area contributed by atoms with Crippen molar-refractivity contribution in [2.24, 2.45) is 0 Å². The highest BCUT2D eigenvalue weighted by molar-refractivity contribution is 5.87. The van der Waals surface area contributed by atoms with Gasteiger partial charge in [-0.1, -0.05) is 6.92 Å². The summed E-state index contributed by atoms with van der Waals surface area (Å²) in [6, 6.07) is 3.70. The maximum Gasteiger partial charge on any atom is 0.417 e. The zero-order chi connectivity index (χ0) is 15.1. The number of nitrogens with zero attached hydrogens (tertiary/aromatic N) is 1. The van der Waals surface area contributed by atoms with Crippen LogP contribution in [0.3, 0.4) is 0 Å². The highest BCUT2D eigenvalue weighted by Gasteiger charge is 2.33. The molecule has 0 saturated carbocycles. The van der Waals surface area contributed by atoms with Gasteiger partial charge in [0.15, 0.2) is 0 Å². The maximum atomic E-state index is 13.0. The number of H-pyrrole nitrogens is 1. The van der Waals surface area contributed by atoms with Gasteiger partial charge in [0.25, 0.3) is 0 Å². The van der Waals surface area contributed by atoms with E-state index < -0.39 is 17.3 Å². The van der Waals surface area contributed by atoms with Crippen molar-refractivity contribution in [3.8, 4) is 0 Å². The molecule has 0 aliphatic rings. The Balaban J connectivity index is 2.88. The van der Waals surface area contributed by atoms with Crippen LogP contribution in [0.5, 0.6) is 0 Å². The van der Waals surface area contributed by atoms with Crippen LogP contribution in [0.2, 0.25) is 0 Å². The molecular weight excluding hydrogens is 269 g/mol. The van der Waals surface area contributed by atoms with Crippen LogP contribution >= 0.6 is 0 Å². The molecule has 3 nitrogen and oxygen atoms in total. The van der Waals surface area contributed by atoms with E-state index in [1.165, 1.54) is 6.07 Å². The predicted molar refractivity (Wildman–Crippen MR) is 73.3 cm³/mol. The summed E-state index contributed by atoms with van der Waals surface area (Å²) in [6.07, 6.45) is -3.93. The molecule has 6 heteroatoms. The monoisotopic (exact) mass is 284 g/mol. The fourth-order valence-electron chi connectivity index (χ4n) is 2.27. The topological polar surface area (TPSA) is 36.1 Å². The van der Waals surface area contributed by atoms with Gasteiger partial charge in [-0.2, -0.15) is 13.2 Å². The number of anilines is 1. The number of fused-ring (bicyclic) bond motifs is 1. The van der Waals surface area contributed by atoms with Gasteiger partial charge in [-0.25, -0.2) is 0 Å². The van der Waals surface area contributed by atoms with Crippen LogP contribution in [0, 0.1) is 0 Å². The minimum atomic E-state index is -4.54. The molecule has 0 bridgehead atoms. The smallest absolute Gasteiger partial charge is 0.377 e. The van der Waals surface area contributed by atoms with Crippen molar-refractivity contribution in [2.45, 2.75) is 19.5 Å². The molecule has 0 saturated heterocycles. The normalized spacial score (nSPS) is 11.9. The SMILES string of the molecule is CCc1cc2c(C(F)(F)F)cc(=O)[nH]c2cc1N(C)C. The summed E-state index contributed by atoms with van der Waals surface area (Å²) in [5, 5.41) is 0.0274. The van der Waals surface area contributed by atoms with Gasteiger partial charge in [0, 0.05) is 31.2 Å². The Morgan fingerprint density at radius 3 is 2.35 bits per heavy atom. The molecule has 1 aromatic carbocycles. The quantitative estimate of drug-likeness (QED) is 0.919. The number of halogens is 3. The van der Waals surface area contributed by atoms with Gasteiger partial charge in [0.1, 0.15) is 0 Å². The Morgan fingerprint density at radius 2 is 1.85 bits per heavy atom. The Kier molecular flexibility index (Phi) is 3.50. The van der Waals surface area contributed by atoms with E-state index in [9.17, 15) is 18.0 Å². The highest BCUT2D eigenvalue weighted by atomic mass is 19.4. The molecule has 0 fully saturated rings. The summed E-state index contributed by atoms with van der Waals surface area (Å²) in [5.74, 6) is 0. The van der Waals surface area contributed by atoms with Crippen LogP contribution in [0.4, 0.5) is 18.9 Å². The van der Waals surface area contributed by atoms with E-state index in [0.29, 0.717) is 12.5 Å². The zero-order valence-corrected chi connectivity index (χ0v) is 11.4. The first-order chi connectivity index (χ1) is 9.24. The third kappa shape index (κ3) is 2.50. The third-order valence-electron chi connectivity index (χ3n) is 3.21. The van der Waals surface area contributed by atoms with Crippen LogP contribution < -0.4 is 10.5 Å². The van der Waals surface area contributed by atoms with Gasteiger partial charge in [-0.3, -0.25) is 4.79 Å². The van der Waals surface area contributed by atoms with Crippen LogP contribution in [0.15, 0.2) is 23.0 Å². The first kappa shape index (κ1) is 14.4. The van der Waals surface area contributed by atoms with Gasteiger partial charge in [-0.15, -0.1) is 0 Å². The second-order valence-electron chi connectivity index (χ2n) is 4.82. The van der Waals surface area contributed by atoms with Gasteiger partial charge in [0.2, 0.25) is 5.56 Å². The molecule has 20 heavy (non-hydrogen) atoms. The fourth-order valence-corrected chi connectivity index (χ4v) is 2.27. The van der Waals surface area contributed by atoms with Crippen molar-refractivity contribution >= 4 is 16.6 Å². The van der Waals surface area contributed by atoms with Crippen molar-refractivity contribution in [1.29, 1.82) is 0 Å². The van der Waals surface area contributed by atoms with E-state index >= 15 is 0 Å². The Bertz CT molecular complexity index is 702. The summed E-state index contributed by atoms with van der Waals surface area (Å²) >= 11 is 0. The summed E-state index contributed by atoms with van der Waals surface area (Å²) in [4.78, 5) is 15.7. The van der Waals surface area contributed by atoms with Crippen LogP contribution in [-0.4, -0.2) is 19.1 Å². The van der Waals surface area contributed by atoms with Crippen molar-refractivity contribution in [2.75, 3.05) is 19.0 Å². The number of alkyl halides is 3. The lowest BCUT2D eigenvalue weighted by molar-refractivity contribution is -0.136. The van der Waals surface area contributed by atoms with Crippen molar-refractivity contribution in [3.63, 3.8) is 0 Å². The lowest BCUT2D eigenvalue weighted by Gasteiger charge is -2.19. The number of pyridine rings is 1. The number of benzene rings is 1. The molecule has 1 N–H and O–H groups in total. The Labute approximate surface area is 114 Å². The van der Waals surface area contributed by atoms with Gasteiger partial charge >= 0.3 is 6.18 Å². The van der Waals surface area contributed by atoms with Crippen LogP contribution in [-0.2, 0) is 12.6 Å². The van der Waals surface area contributed by atoms with E-state index in [1.54, 1.807) is 6.07 Å². The molecule has 0 amide bonds. The Hall–Kier alpha value is -1.98. The molecule has 1 heterocycles. The van der Waals surface area contributed by atoms with E-state index in [2.05, 4.69) is 4.98 Å². The average Bonchev–Trinajstić information content (AvgIpc) is 2.34. The third-order valence-corrected chi connectivity index (χ3v) is 3.21. The first-order valence-electron chi connectivity index (χ1n) is 6.18. The van der Waals surface area contributed by atoms with Gasteiger partial charge < -0.3 is 9.88 Å². The minimum absolute atomic E-state index is 0.0274. The molecule has 0 spiro atoms. The molecule has 0 aliphatic carbocycles. The second kappa shape index (κ2) is 4.85. The Morgan fingerprint density at radius 1 is 1.20 bits per heavy atom. The molecule has 0 radical (unpaired) electrons. The summed E-state index contributed by atoms with van der Waals surface area (Å²) in [5.41, 5.74) is 0.163. The van der Waals surface area contributed by atoms with Crippen LogP contribution in [0.25, 0.3) is 10.9 Å². The van der Waals surface area contributed by atoms with Gasteiger partial charge in [0.05, 0.1) is 11.1 Å². The summed E-state index contributed by atoms with van der Waals surface area (Å²) in [7, 11) is 3.62. The first-order valence-corrected chi connectivity index (χ1v) is 6.18. The van der Waals surface area contributed by atoms with Crippen LogP contribution in [0.1, 0.15) is 18.1 Å². The maximum absolute atomic E-state index is 13.0. The molecule has 108 valence electrons. The fraction of sp³-hybridized carbons (Fsp3) is 0.357. The molecule has 2 rings (SSSR count). The number of hydrogen-bond acceptors (Lipinski definition) is 2. The number of aryl methyl sites for hydroxylation is 1. The zero-order valence-electron chi connectivity index (χ0n) is 11.4. The predicted octanol–water partition coefficient (Wildman–Crippen LogP) is 3.18. The molecule has 2 aromatic rings. The largest absolute Gasteiger partial charge is 0.417 e. The van der Waals surface area contributed by atoms with Crippen molar-refractivity contribution in [3.05, 3.63) is 39.7 Å².